The van der Waals surface area contributed by atoms with Crippen LogP contribution in [0.15, 0.2) is 30.3 Å². The van der Waals surface area contributed by atoms with E-state index in [1.165, 1.54) is 43.7 Å². The quantitative estimate of drug-likeness (QED) is 0.809. The second kappa shape index (κ2) is 7.99. The lowest BCUT2D eigenvalue weighted by molar-refractivity contribution is -0.131. The van der Waals surface area contributed by atoms with Crippen molar-refractivity contribution in [3.8, 4) is 0 Å². The Kier molecular flexibility index (Phi) is 6.00. The van der Waals surface area contributed by atoms with Crippen LogP contribution in [0.4, 0.5) is 0 Å². The molecule has 0 aromatic heterocycles. The van der Waals surface area contributed by atoms with E-state index < -0.39 is 5.97 Å². The Morgan fingerprint density at radius 3 is 2.71 bits per heavy atom. The SMILES string of the molecule is CN(Cc1ccccc1C=CC(=O)O)CC1CCCCC1. The summed E-state index contributed by atoms with van der Waals surface area (Å²) in [5.41, 5.74) is 2.18. The Hall–Kier alpha value is -1.61. The van der Waals surface area contributed by atoms with Crippen molar-refractivity contribution in [2.75, 3.05) is 13.6 Å². The molecule has 0 atom stereocenters. The van der Waals surface area contributed by atoms with Gasteiger partial charge >= 0.3 is 5.97 Å². The Balaban J connectivity index is 1.96. The van der Waals surface area contributed by atoms with E-state index in [0.29, 0.717) is 0 Å². The average molecular weight is 287 g/mol. The fourth-order valence-corrected chi connectivity index (χ4v) is 3.17. The molecule has 2 rings (SSSR count). The third-order valence-corrected chi connectivity index (χ3v) is 4.20. The predicted molar refractivity (Wildman–Crippen MR) is 86.0 cm³/mol. The lowest BCUT2D eigenvalue weighted by atomic mass is 9.89. The number of hydrogen-bond acceptors (Lipinski definition) is 2. The van der Waals surface area contributed by atoms with Gasteiger partial charge in [0.1, 0.15) is 0 Å². The van der Waals surface area contributed by atoms with Crippen LogP contribution in [0.2, 0.25) is 0 Å². The summed E-state index contributed by atoms with van der Waals surface area (Å²) in [5, 5.41) is 8.77. The van der Waals surface area contributed by atoms with Crippen molar-refractivity contribution in [2.45, 2.75) is 38.6 Å². The third-order valence-electron chi connectivity index (χ3n) is 4.20. The average Bonchev–Trinajstić information content (AvgIpc) is 2.47. The molecule has 0 radical (unpaired) electrons. The van der Waals surface area contributed by atoms with Gasteiger partial charge in [-0.05, 0) is 43.0 Å². The molecule has 1 saturated carbocycles. The monoisotopic (exact) mass is 287 g/mol. The Bertz CT molecular complexity index is 490. The molecule has 0 unspecified atom stereocenters. The first kappa shape index (κ1) is 15.8. The third kappa shape index (κ3) is 5.35. The maximum absolute atomic E-state index is 10.7. The highest BCUT2D eigenvalue weighted by Crippen LogP contribution is 2.24. The summed E-state index contributed by atoms with van der Waals surface area (Å²) in [5.74, 6) is -0.0779. The maximum atomic E-state index is 10.7. The second-order valence-corrected chi connectivity index (χ2v) is 6.07. The molecule has 1 aliphatic carbocycles. The molecule has 0 spiro atoms. The van der Waals surface area contributed by atoms with E-state index in [1.54, 1.807) is 6.08 Å². The van der Waals surface area contributed by atoms with E-state index in [1.807, 2.05) is 18.2 Å². The number of carboxylic acid groups (broad SMARTS) is 1. The molecule has 1 aromatic carbocycles. The van der Waals surface area contributed by atoms with Gasteiger partial charge in [-0.2, -0.15) is 0 Å². The lowest BCUT2D eigenvalue weighted by Crippen LogP contribution is -2.26. The molecule has 1 aliphatic rings. The second-order valence-electron chi connectivity index (χ2n) is 6.07. The van der Waals surface area contributed by atoms with E-state index in [0.717, 1.165) is 24.6 Å². The smallest absolute Gasteiger partial charge is 0.328 e. The topological polar surface area (TPSA) is 40.5 Å². The fraction of sp³-hybridized carbons (Fsp3) is 0.500. The zero-order valence-corrected chi connectivity index (χ0v) is 12.8. The largest absolute Gasteiger partial charge is 0.478 e. The van der Waals surface area contributed by atoms with Crippen molar-refractivity contribution in [1.29, 1.82) is 0 Å². The number of carbonyl (C=O) groups is 1. The zero-order chi connectivity index (χ0) is 15.1. The first-order chi connectivity index (χ1) is 10.1. The van der Waals surface area contributed by atoms with E-state index in [-0.39, 0.29) is 0 Å². The molecule has 3 nitrogen and oxygen atoms in total. The molecular formula is C18H25NO2. The van der Waals surface area contributed by atoms with E-state index in [9.17, 15) is 4.79 Å². The summed E-state index contributed by atoms with van der Waals surface area (Å²) < 4.78 is 0. The van der Waals surface area contributed by atoms with Gasteiger partial charge in [-0.25, -0.2) is 4.79 Å². The number of rotatable bonds is 6. The summed E-state index contributed by atoms with van der Waals surface area (Å²) in [6.45, 7) is 2.01. The van der Waals surface area contributed by atoms with Gasteiger partial charge in [0.25, 0.3) is 0 Å². The summed E-state index contributed by atoms with van der Waals surface area (Å²) in [6, 6.07) is 8.02. The number of hydrogen-bond donors (Lipinski definition) is 1. The van der Waals surface area contributed by atoms with Crippen LogP contribution in [0.5, 0.6) is 0 Å². The molecular weight excluding hydrogens is 262 g/mol. The summed E-state index contributed by atoms with van der Waals surface area (Å²) in [7, 11) is 2.16. The minimum absolute atomic E-state index is 0.825. The highest BCUT2D eigenvalue weighted by molar-refractivity contribution is 5.85. The van der Waals surface area contributed by atoms with Crippen LogP contribution in [0.3, 0.4) is 0 Å². The van der Waals surface area contributed by atoms with Gasteiger partial charge in [-0.15, -0.1) is 0 Å². The van der Waals surface area contributed by atoms with Crippen LogP contribution in [0, 0.1) is 5.92 Å². The molecule has 3 heteroatoms. The highest BCUT2D eigenvalue weighted by atomic mass is 16.4. The first-order valence-electron chi connectivity index (χ1n) is 7.82. The lowest BCUT2D eigenvalue weighted by Gasteiger charge is -2.27. The van der Waals surface area contributed by atoms with E-state index in [2.05, 4.69) is 18.0 Å². The van der Waals surface area contributed by atoms with Crippen LogP contribution < -0.4 is 0 Å². The minimum Gasteiger partial charge on any atom is -0.478 e. The van der Waals surface area contributed by atoms with Gasteiger partial charge in [-0.3, -0.25) is 0 Å². The molecule has 1 N–H and O–H groups in total. The molecule has 1 fully saturated rings. The molecule has 0 saturated heterocycles. The highest BCUT2D eigenvalue weighted by Gasteiger charge is 2.15. The standard InChI is InChI=1S/C18H25NO2/c1-19(13-15-7-3-2-4-8-15)14-17-10-6-5-9-16(17)11-12-18(20)21/h5-6,9-12,15H,2-4,7-8,13-14H2,1H3,(H,20,21). The van der Waals surface area contributed by atoms with Gasteiger partial charge in [0.15, 0.2) is 0 Å². The van der Waals surface area contributed by atoms with Gasteiger partial charge in [0.2, 0.25) is 0 Å². The van der Waals surface area contributed by atoms with E-state index >= 15 is 0 Å². The Labute approximate surface area is 127 Å². The van der Waals surface area contributed by atoms with Crippen LogP contribution in [0.25, 0.3) is 6.08 Å². The Morgan fingerprint density at radius 2 is 2.00 bits per heavy atom. The van der Waals surface area contributed by atoms with Crippen molar-refractivity contribution in [3.05, 3.63) is 41.5 Å². The number of nitrogens with zero attached hydrogens (tertiary/aromatic N) is 1. The zero-order valence-electron chi connectivity index (χ0n) is 12.8. The van der Waals surface area contributed by atoms with Crippen LogP contribution in [-0.4, -0.2) is 29.6 Å². The van der Waals surface area contributed by atoms with Crippen LogP contribution >= 0.6 is 0 Å². The normalized spacial score (nSPS) is 16.7. The van der Waals surface area contributed by atoms with Gasteiger partial charge in [-0.1, -0.05) is 43.5 Å². The van der Waals surface area contributed by atoms with Gasteiger partial charge < -0.3 is 10.0 Å². The van der Waals surface area contributed by atoms with Crippen molar-refractivity contribution in [3.63, 3.8) is 0 Å². The molecule has 0 heterocycles. The minimum atomic E-state index is -0.902. The molecule has 0 bridgehead atoms. The number of benzene rings is 1. The van der Waals surface area contributed by atoms with Crippen LogP contribution in [-0.2, 0) is 11.3 Å². The van der Waals surface area contributed by atoms with Gasteiger partial charge in [0, 0.05) is 19.2 Å². The Morgan fingerprint density at radius 1 is 1.29 bits per heavy atom. The molecule has 1 aromatic rings. The fourth-order valence-electron chi connectivity index (χ4n) is 3.17. The van der Waals surface area contributed by atoms with Crippen molar-refractivity contribution in [1.82, 2.24) is 4.90 Å². The predicted octanol–water partition coefficient (Wildman–Crippen LogP) is 3.80. The van der Waals surface area contributed by atoms with Crippen molar-refractivity contribution < 1.29 is 9.90 Å². The van der Waals surface area contributed by atoms with E-state index in [4.69, 9.17) is 5.11 Å². The molecule has 114 valence electrons. The number of carboxylic acids is 1. The summed E-state index contributed by atoms with van der Waals surface area (Å²) >= 11 is 0. The summed E-state index contributed by atoms with van der Waals surface area (Å²) in [6.07, 6.45) is 9.73. The summed E-state index contributed by atoms with van der Waals surface area (Å²) in [4.78, 5) is 13.0. The molecule has 0 amide bonds. The number of aliphatic carboxylic acids is 1. The maximum Gasteiger partial charge on any atom is 0.328 e. The molecule has 21 heavy (non-hydrogen) atoms. The van der Waals surface area contributed by atoms with Crippen molar-refractivity contribution in [2.24, 2.45) is 5.92 Å². The van der Waals surface area contributed by atoms with Crippen LogP contribution in [0.1, 0.15) is 43.2 Å². The van der Waals surface area contributed by atoms with Gasteiger partial charge in [0.05, 0.1) is 0 Å². The van der Waals surface area contributed by atoms with Crippen molar-refractivity contribution >= 4 is 12.0 Å². The first-order valence-corrected chi connectivity index (χ1v) is 7.82. The molecule has 0 aliphatic heterocycles.